The van der Waals surface area contributed by atoms with Crippen molar-refractivity contribution in [2.24, 2.45) is 5.92 Å². The van der Waals surface area contributed by atoms with Crippen LogP contribution in [0.2, 0.25) is 0 Å². The number of hydrogen-bond acceptors (Lipinski definition) is 4. The van der Waals surface area contributed by atoms with Gasteiger partial charge in [-0.05, 0) is 77.4 Å². The standard InChI is InChI=1S/C28H30O6/c29-27(30)13-7-19-6-12-26(34-17-20-4-2-1-3-5-20)25(14-19)23-9-8-22-16-24(33-18-28(31)32)11-10-21(22)15-23/h6,8-12,14-16,20H,1-5,7,13,17-18H2,(H,29,30)(H,31,32). The Bertz CT molecular complexity index is 1160. The van der Waals surface area contributed by atoms with Gasteiger partial charge in [-0.3, -0.25) is 4.79 Å². The molecule has 1 aliphatic rings. The van der Waals surface area contributed by atoms with Crippen LogP contribution < -0.4 is 9.47 Å². The molecule has 34 heavy (non-hydrogen) atoms. The molecule has 0 saturated heterocycles. The van der Waals surface area contributed by atoms with Crippen LogP contribution >= 0.6 is 0 Å². The fraction of sp³-hybridized carbons (Fsp3) is 0.357. The third-order valence-corrected chi connectivity index (χ3v) is 6.36. The smallest absolute Gasteiger partial charge is 0.341 e. The van der Waals surface area contributed by atoms with Crippen molar-refractivity contribution in [3.63, 3.8) is 0 Å². The number of benzene rings is 3. The number of carboxylic acid groups (broad SMARTS) is 2. The molecule has 0 radical (unpaired) electrons. The number of ether oxygens (including phenoxy) is 2. The summed E-state index contributed by atoms with van der Waals surface area (Å²) >= 11 is 0. The van der Waals surface area contributed by atoms with E-state index in [0.717, 1.165) is 33.2 Å². The van der Waals surface area contributed by atoms with Gasteiger partial charge in [0.2, 0.25) is 0 Å². The summed E-state index contributed by atoms with van der Waals surface area (Å²) in [4.78, 5) is 21.8. The maximum Gasteiger partial charge on any atom is 0.341 e. The molecule has 0 aromatic heterocycles. The third-order valence-electron chi connectivity index (χ3n) is 6.36. The van der Waals surface area contributed by atoms with E-state index >= 15 is 0 Å². The largest absolute Gasteiger partial charge is 0.493 e. The molecule has 6 heteroatoms. The quantitative estimate of drug-likeness (QED) is 0.387. The second-order valence-corrected chi connectivity index (χ2v) is 8.95. The molecule has 0 spiro atoms. The zero-order valence-corrected chi connectivity index (χ0v) is 19.2. The second-order valence-electron chi connectivity index (χ2n) is 8.95. The molecule has 1 fully saturated rings. The summed E-state index contributed by atoms with van der Waals surface area (Å²) in [5, 5.41) is 19.8. The van der Waals surface area contributed by atoms with Crippen LogP contribution in [0.15, 0.2) is 54.6 Å². The molecule has 3 aromatic carbocycles. The number of rotatable bonds is 10. The lowest BCUT2D eigenvalue weighted by Crippen LogP contribution is -2.15. The van der Waals surface area contributed by atoms with Crippen molar-refractivity contribution in [2.75, 3.05) is 13.2 Å². The van der Waals surface area contributed by atoms with Gasteiger partial charge >= 0.3 is 11.9 Å². The van der Waals surface area contributed by atoms with E-state index in [1.807, 2.05) is 42.5 Å². The second kappa shape index (κ2) is 11.1. The highest BCUT2D eigenvalue weighted by Gasteiger charge is 2.16. The number of aryl methyl sites for hydroxylation is 1. The minimum Gasteiger partial charge on any atom is -0.493 e. The molecule has 2 N–H and O–H groups in total. The number of aliphatic carboxylic acids is 2. The predicted octanol–water partition coefficient (Wildman–Crippen LogP) is 5.95. The first-order chi connectivity index (χ1) is 16.5. The van der Waals surface area contributed by atoms with Gasteiger partial charge in [0.1, 0.15) is 11.5 Å². The maximum atomic E-state index is 11.1. The highest BCUT2D eigenvalue weighted by molar-refractivity contribution is 5.89. The van der Waals surface area contributed by atoms with Gasteiger partial charge in [0.05, 0.1) is 6.61 Å². The van der Waals surface area contributed by atoms with Crippen LogP contribution in [-0.4, -0.2) is 35.4 Å². The average Bonchev–Trinajstić information content (AvgIpc) is 2.85. The Morgan fingerprint density at radius 1 is 0.824 bits per heavy atom. The number of carbonyl (C=O) groups is 2. The van der Waals surface area contributed by atoms with Crippen molar-refractivity contribution in [3.05, 3.63) is 60.2 Å². The molecule has 6 nitrogen and oxygen atoms in total. The van der Waals surface area contributed by atoms with Crippen LogP contribution in [0.4, 0.5) is 0 Å². The van der Waals surface area contributed by atoms with Crippen molar-refractivity contribution in [2.45, 2.75) is 44.9 Å². The van der Waals surface area contributed by atoms with Crippen LogP contribution in [0.3, 0.4) is 0 Å². The molecule has 1 aliphatic carbocycles. The minimum atomic E-state index is -1.01. The number of hydrogen-bond donors (Lipinski definition) is 2. The SMILES string of the molecule is O=C(O)CCc1ccc(OCC2CCCCC2)c(-c2ccc3cc(OCC(=O)O)ccc3c2)c1. The van der Waals surface area contributed by atoms with E-state index in [1.165, 1.54) is 32.1 Å². The first-order valence-corrected chi connectivity index (χ1v) is 11.8. The van der Waals surface area contributed by atoms with E-state index in [0.29, 0.717) is 24.7 Å². The number of fused-ring (bicyclic) bond motifs is 1. The highest BCUT2D eigenvalue weighted by Crippen LogP contribution is 2.35. The summed E-state index contributed by atoms with van der Waals surface area (Å²) < 4.78 is 11.6. The molecule has 0 unspecified atom stereocenters. The van der Waals surface area contributed by atoms with Gasteiger partial charge in [-0.15, -0.1) is 0 Å². The Labute approximate surface area is 199 Å². The first kappa shape index (κ1) is 23.6. The topological polar surface area (TPSA) is 93.1 Å². The van der Waals surface area contributed by atoms with Crippen molar-refractivity contribution < 1.29 is 29.3 Å². The average molecular weight is 463 g/mol. The molecular weight excluding hydrogens is 432 g/mol. The summed E-state index contributed by atoms with van der Waals surface area (Å²) in [5.74, 6) is 0.0686. The lowest BCUT2D eigenvalue weighted by Gasteiger charge is -2.23. The predicted molar refractivity (Wildman–Crippen MR) is 131 cm³/mol. The van der Waals surface area contributed by atoms with Gasteiger partial charge in [-0.2, -0.15) is 0 Å². The van der Waals surface area contributed by atoms with Crippen molar-refractivity contribution >= 4 is 22.7 Å². The van der Waals surface area contributed by atoms with Crippen LogP contribution in [0, 0.1) is 5.92 Å². The molecule has 0 amide bonds. The number of carboxylic acids is 2. The molecule has 0 bridgehead atoms. The summed E-state index contributed by atoms with van der Waals surface area (Å²) in [6, 6.07) is 17.5. The lowest BCUT2D eigenvalue weighted by molar-refractivity contribution is -0.139. The minimum absolute atomic E-state index is 0.0819. The molecule has 3 aromatic rings. The Kier molecular flexibility index (Phi) is 7.68. The Balaban J connectivity index is 1.61. The summed E-state index contributed by atoms with van der Waals surface area (Å²) in [7, 11) is 0. The van der Waals surface area contributed by atoms with E-state index < -0.39 is 11.9 Å². The Morgan fingerprint density at radius 3 is 2.35 bits per heavy atom. The van der Waals surface area contributed by atoms with Gasteiger partial charge in [0.15, 0.2) is 6.61 Å². The fourth-order valence-corrected chi connectivity index (χ4v) is 4.52. The lowest BCUT2D eigenvalue weighted by atomic mass is 9.90. The van der Waals surface area contributed by atoms with Crippen molar-refractivity contribution in [1.82, 2.24) is 0 Å². The van der Waals surface area contributed by atoms with Crippen LogP contribution in [0.1, 0.15) is 44.1 Å². The molecule has 4 rings (SSSR count). The Morgan fingerprint density at radius 2 is 1.59 bits per heavy atom. The fourth-order valence-electron chi connectivity index (χ4n) is 4.52. The van der Waals surface area contributed by atoms with E-state index in [9.17, 15) is 9.59 Å². The zero-order valence-electron chi connectivity index (χ0n) is 19.2. The molecular formula is C28H30O6. The molecule has 0 heterocycles. The van der Waals surface area contributed by atoms with Crippen LogP contribution in [0.25, 0.3) is 21.9 Å². The van der Waals surface area contributed by atoms with E-state index in [4.69, 9.17) is 19.7 Å². The third kappa shape index (κ3) is 6.28. The molecule has 0 atom stereocenters. The van der Waals surface area contributed by atoms with E-state index in [2.05, 4.69) is 6.07 Å². The molecule has 1 saturated carbocycles. The highest BCUT2D eigenvalue weighted by atomic mass is 16.5. The van der Waals surface area contributed by atoms with Crippen molar-refractivity contribution in [3.8, 4) is 22.6 Å². The van der Waals surface area contributed by atoms with E-state index in [1.54, 1.807) is 6.07 Å². The van der Waals surface area contributed by atoms with E-state index in [-0.39, 0.29) is 13.0 Å². The summed E-state index contributed by atoms with van der Waals surface area (Å²) in [5.41, 5.74) is 2.90. The van der Waals surface area contributed by atoms with Gasteiger partial charge < -0.3 is 19.7 Å². The zero-order chi connectivity index (χ0) is 23.9. The van der Waals surface area contributed by atoms with Gasteiger partial charge in [0.25, 0.3) is 0 Å². The maximum absolute atomic E-state index is 11.1. The molecule has 0 aliphatic heterocycles. The summed E-state index contributed by atoms with van der Waals surface area (Å²) in [6.45, 7) is 0.313. The van der Waals surface area contributed by atoms with Gasteiger partial charge in [-0.25, -0.2) is 4.79 Å². The molecule has 178 valence electrons. The monoisotopic (exact) mass is 462 g/mol. The summed E-state index contributed by atoms with van der Waals surface area (Å²) in [6.07, 6.45) is 6.78. The van der Waals surface area contributed by atoms with Gasteiger partial charge in [0, 0.05) is 12.0 Å². The Hall–Kier alpha value is -3.54. The normalized spacial score (nSPS) is 14.1. The van der Waals surface area contributed by atoms with Crippen molar-refractivity contribution in [1.29, 1.82) is 0 Å². The van der Waals surface area contributed by atoms with Crippen LogP contribution in [0.5, 0.6) is 11.5 Å². The van der Waals surface area contributed by atoms with Crippen LogP contribution in [-0.2, 0) is 16.0 Å². The first-order valence-electron chi connectivity index (χ1n) is 11.8. The van der Waals surface area contributed by atoms with Gasteiger partial charge in [-0.1, -0.05) is 43.5 Å².